The third-order valence-corrected chi connectivity index (χ3v) is 3.55. The van der Waals surface area contributed by atoms with E-state index in [1.807, 2.05) is 6.92 Å². The molecule has 0 aliphatic carbocycles. The number of alkyl halides is 3. The fraction of sp³-hybridized carbons (Fsp3) is 0.692. The van der Waals surface area contributed by atoms with Crippen molar-refractivity contribution in [3.8, 4) is 0 Å². The molecule has 0 bridgehead atoms. The van der Waals surface area contributed by atoms with Crippen LogP contribution in [0.2, 0.25) is 0 Å². The van der Waals surface area contributed by atoms with Crippen LogP contribution in [-0.4, -0.2) is 26.2 Å². The van der Waals surface area contributed by atoms with E-state index < -0.39 is 12.6 Å². The van der Waals surface area contributed by atoms with Crippen LogP contribution < -0.4 is 0 Å². The summed E-state index contributed by atoms with van der Waals surface area (Å²) in [6.45, 7) is 2.50. The van der Waals surface area contributed by atoms with Gasteiger partial charge in [0.05, 0.1) is 13.0 Å². The Balaban J connectivity index is 2.34. The summed E-state index contributed by atoms with van der Waals surface area (Å²) in [5.41, 5.74) is 0.885. The van der Waals surface area contributed by atoms with Crippen LogP contribution in [0.3, 0.4) is 0 Å². The topological polar surface area (TPSA) is 18.5 Å². The van der Waals surface area contributed by atoms with Crippen LogP contribution in [0.4, 0.5) is 13.2 Å². The van der Waals surface area contributed by atoms with Gasteiger partial charge in [-0.1, -0.05) is 13.3 Å². The van der Waals surface area contributed by atoms with Crippen LogP contribution in [0.25, 0.3) is 0 Å². The quantitative estimate of drug-likeness (QED) is 0.670. The molecule has 0 aromatic carbocycles. The van der Waals surface area contributed by atoms with E-state index in [0.29, 0.717) is 17.9 Å². The maximum atomic E-state index is 12.2. The molecule has 0 aliphatic rings. The summed E-state index contributed by atoms with van der Waals surface area (Å²) in [4.78, 5) is 0.347. The van der Waals surface area contributed by atoms with Crippen molar-refractivity contribution < 1.29 is 22.6 Å². The van der Waals surface area contributed by atoms with Crippen molar-refractivity contribution in [3.05, 3.63) is 21.9 Å². The highest BCUT2D eigenvalue weighted by Gasteiger charge is 2.28. The molecule has 0 saturated heterocycles. The average Bonchev–Trinajstić information content (AvgIpc) is 2.73. The van der Waals surface area contributed by atoms with Crippen molar-refractivity contribution in [2.24, 2.45) is 0 Å². The number of thiophene rings is 1. The molecule has 2 nitrogen and oxygen atoms in total. The zero-order valence-corrected chi connectivity index (χ0v) is 11.9. The van der Waals surface area contributed by atoms with Crippen molar-refractivity contribution in [1.82, 2.24) is 0 Å². The fourth-order valence-corrected chi connectivity index (χ4v) is 2.62. The number of rotatable bonds is 8. The van der Waals surface area contributed by atoms with E-state index in [-0.39, 0.29) is 6.29 Å². The fourth-order valence-electron chi connectivity index (χ4n) is 1.66. The predicted octanol–water partition coefficient (Wildman–Crippen LogP) is 4.18. The Morgan fingerprint density at radius 1 is 1.37 bits per heavy atom. The highest BCUT2D eigenvalue weighted by molar-refractivity contribution is 7.10. The largest absolute Gasteiger partial charge is 0.393 e. The van der Waals surface area contributed by atoms with Gasteiger partial charge in [-0.2, -0.15) is 13.2 Å². The standard InChI is InChI=1S/C13H19F3O2S/c1-3-4-12(17-2)18-6-5-10-7-11(19-9-10)8-13(14,15)16/h7,9,12H,3-6,8H2,1-2H3. The van der Waals surface area contributed by atoms with Gasteiger partial charge in [-0.3, -0.25) is 0 Å². The molecule has 110 valence electrons. The molecule has 1 atom stereocenters. The molecule has 0 amide bonds. The molecule has 19 heavy (non-hydrogen) atoms. The Morgan fingerprint density at radius 2 is 2.11 bits per heavy atom. The molecule has 1 aromatic rings. The van der Waals surface area contributed by atoms with Crippen molar-refractivity contribution in [1.29, 1.82) is 0 Å². The average molecular weight is 296 g/mol. The van der Waals surface area contributed by atoms with E-state index in [0.717, 1.165) is 29.7 Å². The molecule has 1 unspecified atom stereocenters. The first-order chi connectivity index (χ1) is 8.94. The summed E-state index contributed by atoms with van der Waals surface area (Å²) < 4.78 is 47.3. The molecular formula is C13H19F3O2S. The molecule has 0 saturated carbocycles. The van der Waals surface area contributed by atoms with E-state index in [9.17, 15) is 13.2 Å². The second-order valence-electron chi connectivity index (χ2n) is 4.29. The van der Waals surface area contributed by atoms with E-state index in [4.69, 9.17) is 9.47 Å². The van der Waals surface area contributed by atoms with E-state index in [2.05, 4.69) is 0 Å². The monoisotopic (exact) mass is 296 g/mol. The first-order valence-electron chi connectivity index (χ1n) is 6.22. The molecule has 1 rings (SSSR count). The molecule has 1 aromatic heterocycles. The van der Waals surface area contributed by atoms with Crippen LogP contribution in [-0.2, 0) is 22.3 Å². The summed E-state index contributed by atoms with van der Waals surface area (Å²) in [6.07, 6.45) is -2.82. The Hall–Kier alpha value is -0.590. The third kappa shape index (κ3) is 6.94. The SMILES string of the molecule is CCCC(OC)OCCc1csc(CC(F)(F)F)c1. The Kier molecular flexibility index (Phi) is 6.82. The molecule has 0 radical (unpaired) electrons. The van der Waals surface area contributed by atoms with Gasteiger partial charge in [0.15, 0.2) is 6.29 Å². The number of hydrogen-bond donors (Lipinski definition) is 0. The number of hydrogen-bond acceptors (Lipinski definition) is 3. The maximum Gasteiger partial charge on any atom is 0.393 e. The van der Waals surface area contributed by atoms with Crippen LogP contribution >= 0.6 is 11.3 Å². The lowest BCUT2D eigenvalue weighted by molar-refractivity contribution is -0.126. The normalized spacial score (nSPS) is 13.7. The molecule has 0 N–H and O–H groups in total. The zero-order valence-electron chi connectivity index (χ0n) is 11.1. The third-order valence-electron chi connectivity index (χ3n) is 2.56. The van der Waals surface area contributed by atoms with Gasteiger partial charge in [0.25, 0.3) is 0 Å². The van der Waals surface area contributed by atoms with Gasteiger partial charge in [-0.05, 0) is 29.9 Å². The molecular weight excluding hydrogens is 277 g/mol. The van der Waals surface area contributed by atoms with Crippen molar-refractivity contribution in [3.63, 3.8) is 0 Å². The Morgan fingerprint density at radius 3 is 2.68 bits per heavy atom. The lowest BCUT2D eigenvalue weighted by atomic mass is 10.2. The Labute approximate surface area is 115 Å². The smallest absolute Gasteiger partial charge is 0.356 e. The van der Waals surface area contributed by atoms with Crippen LogP contribution in [0, 0.1) is 0 Å². The summed E-state index contributed by atoms with van der Waals surface area (Å²) in [6, 6.07) is 1.60. The summed E-state index contributed by atoms with van der Waals surface area (Å²) >= 11 is 1.14. The minimum absolute atomic E-state index is 0.224. The first-order valence-corrected chi connectivity index (χ1v) is 7.10. The summed E-state index contributed by atoms with van der Waals surface area (Å²) in [5.74, 6) is 0. The first kappa shape index (κ1) is 16.5. The van der Waals surface area contributed by atoms with E-state index in [1.165, 1.54) is 0 Å². The minimum Gasteiger partial charge on any atom is -0.356 e. The van der Waals surface area contributed by atoms with Gasteiger partial charge in [0.1, 0.15) is 0 Å². The lowest BCUT2D eigenvalue weighted by Crippen LogP contribution is -2.16. The van der Waals surface area contributed by atoms with Gasteiger partial charge >= 0.3 is 6.18 Å². The van der Waals surface area contributed by atoms with Crippen molar-refractivity contribution in [2.45, 2.75) is 45.1 Å². The van der Waals surface area contributed by atoms with Crippen LogP contribution in [0.5, 0.6) is 0 Å². The second kappa shape index (κ2) is 7.87. The number of halogens is 3. The van der Waals surface area contributed by atoms with Gasteiger partial charge in [-0.25, -0.2) is 0 Å². The van der Waals surface area contributed by atoms with Gasteiger partial charge in [-0.15, -0.1) is 11.3 Å². The maximum absolute atomic E-state index is 12.2. The molecule has 0 aliphatic heterocycles. The van der Waals surface area contributed by atoms with E-state index >= 15 is 0 Å². The Bertz CT molecular complexity index is 363. The number of methoxy groups -OCH3 is 1. The summed E-state index contributed by atoms with van der Waals surface area (Å²) in [5, 5.41) is 1.76. The summed E-state index contributed by atoms with van der Waals surface area (Å²) in [7, 11) is 1.59. The van der Waals surface area contributed by atoms with Gasteiger partial charge in [0.2, 0.25) is 0 Å². The van der Waals surface area contributed by atoms with Crippen LogP contribution in [0.1, 0.15) is 30.2 Å². The highest BCUT2D eigenvalue weighted by Crippen LogP contribution is 2.25. The molecule has 0 spiro atoms. The van der Waals surface area contributed by atoms with Crippen molar-refractivity contribution >= 4 is 11.3 Å². The lowest BCUT2D eigenvalue weighted by Gasteiger charge is -2.14. The zero-order chi connectivity index (χ0) is 14.3. The van der Waals surface area contributed by atoms with E-state index in [1.54, 1.807) is 18.6 Å². The predicted molar refractivity (Wildman–Crippen MR) is 69.4 cm³/mol. The van der Waals surface area contributed by atoms with Gasteiger partial charge < -0.3 is 9.47 Å². The number of ether oxygens (including phenoxy) is 2. The van der Waals surface area contributed by atoms with Crippen LogP contribution in [0.15, 0.2) is 11.4 Å². The van der Waals surface area contributed by atoms with Gasteiger partial charge in [0, 0.05) is 12.0 Å². The second-order valence-corrected chi connectivity index (χ2v) is 5.28. The molecule has 0 fully saturated rings. The van der Waals surface area contributed by atoms with Crippen molar-refractivity contribution in [2.75, 3.05) is 13.7 Å². The molecule has 6 heteroatoms. The minimum atomic E-state index is -4.14. The highest BCUT2D eigenvalue weighted by atomic mass is 32.1. The molecule has 1 heterocycles.